The van der Waals surface area contributed by atoms with Crippen LogP contribution in [0, 0.1) is 0 Å². The first-order chi connectivity index (χ1) is 9.26. The standard InChI is InChI=1S/C14H24N4O/c1-4-12-16-13(15-3)9-14(17-12)18-8-6-7-11(10-18)19-5-2/h9,11H,4-8,10H2,1-3H3,(H,15,16,17). The molecule has 0 aromatic carbocycles. The Morgan fingerprint density at radius 3 is 2.95 bits per heavy atom. The van der Waals surface area contributed by atoms with E-state index < -0.39 is 0 Å². The molecular formula is C14H24N4O. The summed E-state index contributed by atoms with van der Waals surface area (Å²) in [5.41, 5.74) is 0. The maximum absolute atomic E-state index is 5.75. The monoisotopic (exact) mass is 264 g/mol. The van der Waals surface area contributed by atoms with Gasteiger partial charge in [-0.05, 0) is 19.8 Å². The molecule has 1 aliphatic rings. The van der Waals surface area contributed by atoms with Gasteiger partial charge in [-0.15, -0.1) is 0 Å². The molecule has 0 spiro atoms. The predicted molar refractivity (Wildman–Crippen MR) is 77.8 cm³/mol. The van der Waals surface area contributed by atoms with Crippen molar-refractivity contribution in [1.29, 1.82) is 0 Å². The molecule has 0 saturated carbocycles. The van der Waals surface area contributed by atoms with E-state index in [-0.39, 0.29) is 0 Å². The van der Waals surface area contributed by atoms with Gasteiger partial charge in [-0.3, -0.25) is 0 Å². The molecule has 1 N–H and O–H groups in total. The van der Waals surface area contributed by atoms with E-state index in [4.69, 9.17) is 4.74 Å². The Balaban J connectivity index is 2.15. The molecule has 1 atom stereocenters. The minimum Gasteiger partial charge on any atom is -0.377 e. The Hall–Kier alpha value is -1.36. The fourth-order valence-electron chi connectivity index (χ4n) is 2.45. The zero-order chi connectivity index (χ0) is 13.7. The summed E-state index contributed by atoms with van der Waals surface area (Å²) < 4.78 is 5.75. The van der Waals surface area contributed by atoms with E-state index in [1.54, 1.807) is 0 Å². The van der Waals surface area contributed by atoms with Crippen LogP contribution in [0.3, 0.4) is 0 Å². The second-order valence-corrected chi connectivity index (χ2v) is 4.80. The second kappa shape index (κ2) is 6.70. The fraction of sp³-hybridized carbons (Fsp3) is 0.714. The molecule has 1 fully saturated rings. The Bertz CT molecular complexity index is 386. The van der Waals surface area contributed by atoms with Gasteiger partial charge in [0.05, 0.1) is 6.10 Å². The van der Waals surface area contributed by atoms with Crippen molar-refractivity contribution < 1.29 is 4.74 Å². The molecule has 106 valence electrons. The first-order valence-electron chi connectivity index (χ1n) is 7.19. The number of aryl methyl sites for hydroxylation is 1. The molecule has 5 heteroatoms. The molecule has 1 aromatic heterocycles. The van der Waals surface area contributed by atoms with Crippen molar-refractivity contribution in [2.24, 2.45) is 0 Å². The third-order valence-corrected chi connectivity index (χ3v) is 3.44. The summed E-state index contributed by atoms with van der Waals surface area (Å²) in [6.45, 7) is 6.89. The molecule has 1 aliphatic heterocycles. The third kappa shape index (κ3) is 3.56. The van der Waals surface area contributed by atoms with Crippen molar-refractivity contribution in [3.05, 3.63) is 11.9 Å². The van der Waals surface area contributed by atoms with Crippen LogP contribution in [-0.2, 0) is 11.2 Å². The highest BCUT2D eigenvalue weighted by Gasteiger charge is 2.21. The summed E-state index contributed by atoms with van der Waals surface area (Å²) in [5.74, 6) is 2.79. The van der Waals surface area contributed by atoms with E-state index in [1.807, 2.05) is 13.1 Å². The first-order valence-corrected chi connectivity index (χ1v) is 7.19. The van der Waals surface area contributed by atoms with Crippen LogP contribution in [0.5, 0.6) is 0 Å². The molecule has 1 aromatic rings. The average molecular weight is 264 g/mol. The number of hydrogen-bond donors (Lipinski definition) is 1. The Morgan fingerprint density at radius 1 is 1.42 bits per heavy atom. The topological polar surface area (TPSA) is 50.3 Å². The molecule has 2 rings (SSSR count). The van der Waals surface area contributed by atoms with Gasteiger partial charge in [0, 0.05) is 39.2 Å². The molecule has 0 amide bonds. The van der Waals surface area contributed by atoms with Gasteiger partial charge in [-0.1, -0.05) is 6.92 Å². The zero-order valence-corrected chi connectivity index (χ0v) is 12.1. The Kier molecular flexibility index (Phi) is 4.96. The summed E-state index contributed by atoms with van der Waals surface area (Å²) in [6, 6.07) is 2.02. The Labute approximate surface area is 115 Å². The van der Waals surface area contributed by atoms with Gasteiger partial charge in [0.1, 0.15) is 17.5 Å². The van der Waals surface area contributed by atoms with Gasteiger partial charge in [0.15, 0.2) is 0 Å². The molecular weight excluding hydrogens is 240 g/mol. The van der Waals surface area contributed by atoms with E-state index >= 15 is 0 Å². The minimum atomic E-state index is 0.330. The van der Waals surface area contributed by atoms with E-state index in [0.717, 1.165) is 56.4 Å². The lowest BCUT2D eigenvalue weighted by Crippen LogP contribution is -2.40. The smallest absolute Gasteiger partial charge is 0.134 e. The highest BCUT2D eigenvalue weighted by molar-refractivity contribution is 5.49. The molecule has 2 heterocycles. The molecule has 0 bridgehead atoms. The van der Waals surface area contributed by atoms with Gasteiger partial charge >= 0.3 is 0 Å². The molecule has 0 radical (unpaired) electrons. The van der Waals surface area contributed by atoms with Crippen LogP contribution >= 0.6 is 0 Å². The molecule has 5 nitrogen and oxygen atoms in total. The second-order valence-electron chi connectivity index (χ2n) is 4.80. The zero-order valence-electron chi connectivity index (χ0n) is 12.1. The fourth-order valence-corrected chi connectivity index (χ4v) is 2.45. The van der Waals surface area contributed by atoms with Crippen LogP contribution in [0.4, 0.5) is 11.6 Å². The van der Waals surface area contributed by atoms with Crippen molar-refractivity contribution >= 4 is 11.6 Å². The lowest BCUT2D eigenvalue weighted by atomic mass is 10.1. The quantitative estimate of drug-likeness (QED) is 0.882. The number of nitrogens with one attached hydrogen (secondary N) is 1. The first kappa shape index (κ1) is 14.1. The van der Waals surface area contributed by atoms with Gasteiger partial charge < -0.3 is 15.0 Å². The lowest BCUT2D eigenvalue weighted by Gasteiger charge is -2.33. The van der Waals surface area contributed by atoms with Crippen LogP contribution in [0.15, 0.2) is 6.07 Å². The van der Waals surface area contributed by atoms with Crippen LogP contribution in [-0.4, -0.2) is 42.8 Å². The minimum absolute atomic E-state index is 0.330. The van der Waals surface area contributed by atoms with E-state index in [1.165, 1.54) is 0 Å². The number of anilines is 2. The van der Waals surface area contributed by atoms with Gasteiger partial charge in [-0.25, -0.2) is 9.97 Å². The largest absolute Gasteiger partial charge is 0.377 e. The highest BCUT2D eigenvalue weighted by Crippen LogP contribution is 2.22. The highest BCUT2D eigenvalue weighted by atomic mass is 16.5. The summed E-state index contributed by atoms with van der Waals surface area (Å²) in [6.07, 6.45) is 3.49. The predicted octanol–water partition coefficient (Wildman–Crippen LogP) is 2.09. The normalized spacial score (nSPS) is 19.5. The maximum atomic E-state index is 5.75. The van der Waals surface area contributed by atoms with Crippen LogP contribution in [0.25, 0.3) is 0 Å². The van der Waals surface area contributed by atoms with Gasteiger partial charge in [-0.2, -0.15) is 0 Å². The number of piperidine rings is 1. The van der Waals surface area contributed by atoms with Crippen molar-refractivity contribution in [3.8, 4) is 0 Å². The molecule has 1 unspecified atom stereocenters. The van der Waals surface area contributed by atoms with Gasteiger partial charge in [0.25, 0.3) is 0 Å². The summed E-state index contributed by atoms with van der Waals surface area (Å²) in [7, 11) is 1.89. The summed E-state index contributed by atoms with van der Waals surface area (Å²) >= 11 is 0. The van der Waals surface area contributed by atoms with Gasteiger partial charge in [0.2, 0.25) is 0 Å². The lowest BCUT2D eigenvalue weighted by molar-refractivity contribution is 0.0525. The number of aromatic nitrogens is 2. The third-order valence-electron chi connectivity index (χ3n) is 3.44. The number of hydrogen-bond acceptors (Lipinski definition) is 5. The molecule has 19 heavy (non-hydrogen) atoms. The molecule has 1 saturated heterocycles. The van der Waals surface area contributed by atoms with Crippen molar-refractivity contribution in [1.82, 2.24) is 9.97 Å². The van der Waals surface area contributed by atoms with E-state index in [0.29, 0.717) is 6.10 Å². The average Bonchev–Trinajstić information content (AvgIpc) is 2.47. The van der Waals surface area contributed by atoms with E-state index in [9.17, 15) is 0 Å². The van der Waals surface area contributed by atoms with Crippen molar-refractivity contribution in [2.45, 2.75) is 39.2 Å². The van der Waals surface area contributed by atoms with Crippen molar-refractivity contribution in [3.63, 3.8) is 0 Å². The number of nitrogens with zero attached hydrogens (tertiary/aromatic N) is 3. The molecule has 0 aliphatic carbocycles. The Morgan fingerprint density at radius 2 is 2.26 bits per heavy atom. The maximum Gasteiger partial charge on any atom is 0.134 e. The SMILES string of the molecule is CCOC1CCCN(c2cc(NC)nc(CC)n2)C1. The summed E-state index contributed by atoms with van der Waals surface area (Å²) in [5, 5.41) is 3.11. The van der Waals surface area contributed by atoms with Crippen LogP contribution in [0.1, 0.15) is 32.5 Å². The number of ether oxygens (including phenoxy) is 1. The van der Waals surface area contributed by atoms with Crippen molar-refractivity contribution in [2.75, 3.05) is 37.0 Å². The number of rotatable bonds is 5. The summed E-state index contributed by atoms with van der Waals surface area (Å²) in [4.78, 5) is 11.4. The van der Waals surface area contributed by atoms with E-state index in [2.05, 4.69) is 34.0 Å². The van der Waals surface area contributed by atoms with Crippen LogP contribution < -0.4 is 10.2 Å². The van der Waals surface area contributed by atoms with Crippen LogP contribution in [0.2, 0.25) is 0 Å².